The molecule has 0 bridgehead atoms. The summed E-state index contributed by atoms with van der Waals surface area (Å²) in [5.41, 5.74) is 0.418. The second-order valence-electron chi connectivity index (χ2n) is 3.29. The molecular formula is C11H11NO4. The van der Waals surface area contributed by atoms with E-state index in [1.54, 1.807) is 18.2 Å². The molecule has 1 aliphatic rings. The van der Waals surface area contributed by atoms with E-state index in [1.807, 2.05) is 0 Å². The van der Waals surface area contributed by atoms with E-state index in [1.165, 1.54) is 13.2 Å². The summed E-state index contributed by atoms with van der Waals surface area (Å²) in [6, 6.07) is 5.15. The highest BCUT2D eigenvalue weighted by atomic mass is 16.6. The first-order chi connectivity index (χ1) is 7.85. The Hall–Kier alpha value is -1.84. The van der Waals surface area contributed by atoms with E-state index in [-0.39, 0.29) is 6.10 Å². The molecule has 1 aliphatic heterocycles. The van der Waals surface area contributed by atoms with Crippen LogP contribution in [0.5, 0.6) is 11.5 Å². The minimum atomic E-state index is -0.00287. The van der Waals surface area contributed by atoms with Crippen molar-refractivity contribution in [3.05, 3.63) is 18.2 Å². The molecule has 0 saturated carbocycles. The number of hydrogen-bond donors (Lipinski definition) is 0. The first-order valence-corrected chi connectivity index (χ1v) is 4.84. The van der Waals surface area contributed by atoms with Gasteiger partial charge in [-0.15, -0.1) is 0 Å². The minimum Gasteiger partial charge on any atom is -0.493 e. The van der Waals surface area contributed by atoms with Crippen LogP contribution < -0.4 is 9.47 Å². The van der Waals surface area contributed by atoms with E-state index in [9.17, 15) is 4.79 Å². The quantitative estimate of drug-likeness (QED) is 0.570. The highest BCUT2D eigenvalue weighted by Crippen LogP contribution is 2.38. The number of ether oxygens (including phenoxy) is 3. The Morgan fingerprint density at radius 3 is 2.88 bits per heavy atom. The van der Waals surface area contributed by atoms with Crippen molar-refractivity contribution in [1.29, 1.82) is 0 Å². The summed E-state index contributed by atoms with van der Waals surface area (Å²) >= 11 is 0. The molecule has 0 amide bonds. The maximum atomic E-state index is 10.3. The van der Waals surface area contributed by atoms with Crippen LogP contribution >= 0.6 is 0 Å². The van der Waals surface area contributed by atoms with E-state index >= 15 is 0 Å². The number of isocyanates is 1. The highest BCUT2D eigenvalue weighted by molar-refractivity contribution is 5.63. The predicted octanol–water partition coefficient (Wildman–Crippen LogP) is 1.44. The summed E-state index contributed by atoms with van der Waals surface area (Å²) in [5.74, 6) is 1.00. The van der Waals surface area contributed by atoms with Crippen LogP contribution in [0.4, 0.5) is 5.69 Å². The van der Waals surface area contributed by atoms with Gasteiger partial charge in [0.05, 0.1) is 20.3 Å². The second kappa shape index (κ2) is 4.79. The molecule has 2 rings (SSSR count). The van der Waals surface area contributed by atoms with Gasteiger partial charge in [-0.25, -0.2) is 4.79 Å². The molecule has 5 heteroatoms. The maximum absolute atomic E-state index is 10.3. The number of nitrogens with zero attached hydrogens (tertiary/aromatic N) is 1. The summed E-state index contributed by atoms with van der Waals surface area (Å²) in [4.78, 5) is 13.9. The van der Waals surface area contributed by atoms with Gasteiger partial charge in [0.15, 0.2) is 11.5 Å². The third-order valence-electron chi connectivity index (χ3n) is 2.24. The molecule has 0 aliphatic carbocycles. The summed E-state index contributed by atoms with van der Waals surface area (Å²) in [7, 11) is 1.54. The van der Waals surface area contributed by atoms with Gasteiger partial charge in [-0.2, -0.15) is 4.99 Å². The number of para-hydroxylation sites is 1. The van der Waals surface area contributed by atoms with Gasteiger partial charge in [0, 0.05) is 0 Å². The summed E-state index contributed by atoms with van der Waals surface area (Å²) in [5, 5.41) is 0. The average Bonchev–Trinajstić information content (AvgIpc) is 2.25. The molecule has 1 heterocycles. The molecular weight excluding hydrogens is 210 g/mol. The molecule has 1 fully saturated rings. The topological polar surface area (TPSA) is 57.1 Å². The molecule has 0 aromatic heterocycles. The average molecular weight is 221 g/mol. The largest absolute Gasteiger partial charge is 0.493 e. The molecule has 1 saturated heterocycles. The van der Waals surface area contributed by atoms with Gasteiger partial charge in [-0.05, 0) is 12.1 Å². The highest BCUT2D eigenvalue weighted by Gasteiger charge is 2.23. The maximum Gasteiger partial charge on any atom is 0.240 e. The second-order valence-corrected chi connectivity index (χ2v) is 3.29. The zero-order chi connectivity index (χ0) is 11.4. The summed E-state index contributed by atoms with van der Waals surface area (Å²) < 4.78 is 15.8. The zero-order valence-electron chi connectivity index (χ0n) is 8.80. The fourth-order valence-corrected chi connectivity index (χ4v) is 1.37. The van der Waals surface area contributed by atoms with Gasteiger partial charge in [-0.3, -0.25) is 0 Å². The van der Waals surface area contributed by atoms with Crippen molar-refractivity contribution in [1.82, 2.24) is 0 Å². The molecule has 0 spiro atoms. The number of rotatable bonds is 4. The lowest BCUT2D eigenvalue weighted by Gasteiger charge is -2.27. The van der Waals surface area contributed by atoms with Crippen LogP contribution in [0.1, 0.15) is 0 Å². The zero-order valence-corrected chi connectivity index (χ0v) is 8.80. The number of aliphatic imine (C=N–C) groups is 1. The first-order valence-electron chi connectivity index (χ1n) is 4.84. The van der Waals surface area contributed by atoms with E-state index in [2.05, 4.69) is 4.99 Å². The fraction of sp³-hybridized carbons (Fsp3) is 0.364. The molecule has 5 nitrogen and oxygen atoms in total. The van der Waals surface area contributed by atoms with Gasteiger partial charge in [-0.1, -0.05) is 6.07 Å². The Bertz CT molecular complexity index is 422. The van der Waals surface area contributed by atoms with E-state index in [0.29, 0.717) is 30.4 Å². The Kier molecular flexibility index (Phi) is 3.19. The van der Waals surface area contributed by atoms with Crippen molar-refractivity contribution in [2.45, 2.75) is 6.10 Å². The van der Waals surface area contributed by atoms with Crippen molar-refractivity contribution in [2.24, 2.45) is 4.99 Å². The summed E-state index contributed by atoms with van der Waals surface area (Å²) in [6.07, 6.45) is 1.49. The number of hydrogen-bond acceptors (Lipinski definition) is 5. The Labute approximate surface area is 92.6 Å². The van der Waals surface area contributed by atoms with Gasteiger partial charge in [0.2, 0.25) is 6.08 Å². The number of benzene rings is 1. The van der Waals surface area contributed by atoms with Crippen molar-refractivity contribution in [3.63, 3.8) is 0 Å². The van der Waals surface area contributed by atoms with E-state index in [4.69, 9.17) is 14.2 Å². The lowest BCUT2D eigenvalue weighted by molar-refractivity contribution is -0.0800. The van der Waals surface area contributed by atoms with Gasteiger partial charge in [0.25, 0.3) is 0 Å². The molecule has 1 aromatic carbocycles. The lowest BCUT2D eigenvalue weighted by atomic mass is 10.2. The molecule has 16 heavy (non-hydrogen) atoms. The molecule has 0 N–H and O–H groups in total. The Morgan fingerprint density at radius 1 is 1.50 bits per heavy atom. The third-order valence-corrected chi connectivity index (χ3v) is 2.24. The Morgan fingerprint density at radius 2 is 2.31 bits per heavy atom. The van der Waals surface area contributed by atoms with Crippen LogP contribution in [0.25, 0.3) is 0 Å². The van der Waals surface area contributed by atoms with Crippen molar-refractivity contribution >= 4 is 11.8 Å². The Balaban J connectivity index is 2.31. The van der Waals surface area contributed by atoms with Crippen LogP contribution in [0.15, 0.2) is 23.2 Å². The number of methoxy groups -OCH3 is 1. The molecule has 84 valence electrons. The third kappa shape index (κ3) is 2.05. The molecule has 1 aromatic rings. The first kappa shape index (κ1) is 10.7. The fourth-order valence-electron chi connectivity index (χ4n) is 1.37. The van der Waals surface area contributed by atoms with Crippen LogP contribution in [0, 0.1) is 0 Å². The molecule has 0 atom stereocenters. The molecule has 0 radical (unpaired) electrons. The predicted molar refractivity (Wildman–Crippen MR) is 56.0 cm³/mol. The summed E-state index contributed by atoms with van der Waals surface area (Å²) in [6.45, 7) is 1.09. The van der Waals surface area contributed by atoms with Crippen LogP contribution in [0.2, 0.25) is 0 Å². The molecule has 0 unspecified atom stereocenters. The van der Waals surface area contributed by atoms with Crippen molar-refractivity contribution < 1.29 is 19.0 Å². The van der Waals surface area contributed by atoms with Crippen molar-refractivity contribution in [2.75, 3.05) is 20.3 Å². The monoisotopic (exact) mass is 221 g/mol. The minimum absolute atomic E-state index is 0.00287. The smallest absolute Gasteiger partial charge is 0.240 e. The van der Waals surface area contributed by atoms with Gasteiger partial charge >= 0.3 is 0 Å². The van der Waals surface area contributed by atoms with Gasteiger partial charge in [0.1, 0.15) is 11.8 Å². The van der Waals surface area contributed by atoms with Crippen LogP contribution in [0.3, 0.4) is 0 Å². The van der Waals surface area contributed by atoms with E-state index < -0.39 is 0 Å². The van der Waals surface area contributed by atoms with Crippen LogP contribution in [-0.2, 0) is 9.53 Å². The standard InChI is InChI=1S/C11H11NO4/c1-14-10-4-2-3-9(12-7-13)11(10)16-8-5-15-6-8/h2-4,8H,5-6H2,1H3. The van der Waals surface area contributed by atoms with Gasteiger partial charge < -0.3 is 14.2 Å². The van der Waals surface area contributed by atoms with Crippen LogP contribution in [-0.4, -0.2) is 32.5 Å². The number of carbonyl (C=O) groups excluding carboxylic acids is 1. The van der Waals surface area contributed by atoms with E-state index in [0.717, 1.165) is 0 Å². The van der Waals surface area contributed by atoms with Crippen molar-refractivity contribution in [3.8, 4) is 11.5 Å². The lowest BCUT2D eigenvalue weighted by Crippen LogP contribution is -2.38. The normalized spacial score (nSPS) is 14.8. The SMILES string of the molecule is COc1cccc(N=C=O)c1OC1COC1.